The molecule has 1 aliphatic rings. The SMILES string of the molecule is CCN(CC(=O)O)C1CC(NC(=O)Nc2ccccc2OCC(F)F)C1. The number of aliphatic carboxylic acids is 1. The predicted molar refractivity (Wildman–Crippen MR) is 91.8 cm³/mol. The molecule has 0 aromatic heterocycles. The predicted octanol–water partition coefficient (Wildman–Crippen LogP) is 2.39. The molecule has 1 saturated carbocycles. The number of nitrogens with one attached hydrogen (secondary N) is 2. The molecule has 0 unspecified atom stereocenters. The molecule has 0 spiro atoms. The Morgan fingerprint density at radius 3 is 2.65 bits per heavy atom. The van der Waals surface area contributed by atoms with Crippen molar-refractivity contribution in [1.29, 1.82) is 0 Å². The summed E-state index contributed by atoms with van der Waals surface area (Å²) < 4.78 is 29.6. The lowest BCUT2D eigenvalue weighted by molar-refractivity contribution is -0.139. The Bertz CT molecular complexity index is 624. The summed E-state index contributed by atoms with van der Waals surface area (Å²) in [7, 11) is 0. The second kappa shape index (κ2) is 9.33. The standard InChI is InChI=1S/C17H23F2N3O4/c1-2-22(9-16(23)24)12-7-11(8-12)20-17(25)21-13-5-3-4-6-14(13)26-10-15(18)19/h3-6,11-12,15H,2,7-10H2,1H3,(H,23,24)(H2,20,21,25). The first-order chi connectivity index (χ1) is 12.4. The maximum Gasteiger partial charge on any atom is 0.319 e. The highest BCUT2D eigenvalue weighted by Crippen LogP contribution is 2.27. The number of likely N-dealkylation sites (N-methyl/N-ethyl adjacent to an activating group) is 1. The third-order valence-electron chi connectivity index (χ3n) is 4.21. The summed E-state index contributed by atoms with van der Waals surface area (Å²) in [5.74, 6) is -0.700. The van der Waals surface area contributed by atoms with E-state index < -0.39 is 25.0 Å². The van der Waals surface area contributed by atoms with Gasteiger partial charge in [0.15, 0.2) is 0 Å². The zero-order valence-corrected chi connectivity index (χ0v) is 14.5. The zero-order valence-electron chi connectivity index (χ0n) is 14.5. The fraction of sp³-hybridized carbons (Fsp3) is 0.529. The summed E-state index contributed by atoms with van der Waals surface area (Å²) in [5, 5.41) is 14.3. The van der Waals surface area contributed by atoms with Gasteiger partial charge in [-0.2, -0.15) is 0 Å². The molecule has 26 heavy (non-hydrogen) atoms. The number of ether oxygens (including phenoxy) is 1. The molecule has 0 saturated heterocycles. The number of hydrogen-bond donors (Lipinski definition) is 3. The third kappa shape index (κ3) is 5.83. The van der Waals surface area contributed by atoms with Crippen molar-refractivity contribution in [2.24, 2.45) is 0 Å². The second-order valence-electron chi connectivity index (χ2n) is 6.08. The molecular formula is C17H23F2N3O4. The van der Waals surface area contributed by atoms with Gasteiger partial charge in [0.05, 0.1) is 12.2 Å². The average molecular weight is 371 g/mol. The van der Waals surface area contributed by atoms with E-state index >= 15 is 0 Å². The molecule has 3 N–H and O–H groups in total. The van der Waals surface area contributed by atoms with Gasteiger partial charge in [0.2, 0.25) is 0 Å². The molecule has 2 rings (SSSR count). The number of anilines is 1. The molecule has 0 radical (unpaired) electrons. The third-order valence-corrected chi connectivity index (χ3v) is 4.21. The van der Waals surface area contributed by atoms with Gasteiger partial charge in [-0.15, -0.1) is 0 Å². The van der Waals surface area contributed by atoms with E-state index in [0.717, 1.165) is 0 Å². The Morgan fingerprint density at radius 1 is 1.35 bits per heavy atom. The normalized spacial score (nSPS) is 19.1. The number of para-hydroxylation sites is 2. The van der Waals surface area contributed by atoms with Gasteiger partial charge in [0.25, 0.3) is 6.43 Å². The van der Waals surface area contributed by atoms with E-state index in [1.807, 2.05) is 11.8 Å². The summed E-state index contributed by atoms with van der Waals surface area (Å²) >= 11 is 0. The van der Waals surface area contributed by atoms with Gasteiger partial charge in [-0.3, -0.25) is 9.69 Å². The zero-order chi connectivity index (χ0) is 19.1. The minimum Gasteiger partial charge on any atom is -0.485 e. The number of alkyl halides is 2. The first-order valence-electron chi connectivity index (χ1n) is 8.42. The van der Waals surface area contributed by atoms with Crippen LogP contribution >= 0.6 is 0 Å². The molecule has 9 heteroatoms. The highest BCUT2D eigenvalue weighted by molar-refractivity contribution is 5.91. The number of halogens is 2. The highest BCUT2D eigenvalue weighted by atomic mass is 19.3. The fourth-order valence-electron chi connectivity index (χ4n) is 2.87. The van der Waals surface area contributed by atoms with Crippen LogP contribution in [0.2, 0.25) is 0 Å². The quantitative estimate of drug-likeness (QED) is 0.620. The summed E-state index contributed by atoms with van der Waals surface area (Å²) in [6.07, 6.45) is -1.27. The Balaban J connectivity index is 1.81. The van der Waals surface area contributed by atoms with E-state index in [-0.39, 0.29) is 24.4 Å². The van der Waals surface area contributed by atoms with Crippen LogP contribution in [-0.2, 0) is 4.79 Å². The average Bonchev–Trinajstić information content (AvgIpc) is 2.55. The molecule has 0 heterocycles. The number of urea groups is 1. The van der Waals surface area contributed by atoms with Gasteiger partial charge >= 0.3 is 12.0 Å². The number of carbonyl (C=O) groups excluding carboxylic acids is 1. The topological polar surface area (TPSA) is 90.9 Å². The molecule has 7 nitrogen and oxygen atoms in total. The van der Waals surface area contributed by atoms with E-state index in [2.05, 4.69) is 10.6 Å². The Kier molecular flexibility index (Phi) is 7.14. The van der Waals surface area contributed by atoms with E-state index in [1.165, 1.54) is 6.07 Å². The molecule has 0 atom stereocenters. The van der Waals surface area contributed by atoms with Crippen LogP contribution in [0.15, 0.2) is 24.3 Å². The van der Waals surface area contributed by atoms with Crippen molar-refractivity contribution in [3.63, 3.8) is 0 Å². The van der Waals surface area contributed by atoms with Crippen LogP contribution in [0.3, 0.4) is 0 Å². The lowest BCUT2D eigenvalue weighted by atomic mass is 9.85. The number of carboxylic acid groups (broad SMARTS) is 1. The molecule has 2 amide bonds. The fourth-order valence-corrected chi connectivity index (χ4v) is 2.87. The molecule has 1 aromatic rings. The van der Waals surface area contributed by atoms with E-state index in [9.17, 15) is 18.4 Å². The largest absolute Gasteiger partial charge is 0.485 e. The maximum absolute atomic E-state index is 12.3. The molecule has 0 aliphatic heterocycles. The van der Waals surface area contributed by atoms with Gasteiger partial charge in [-0.1, -0.05) is 19.1 Å². The number of nitrogens with zero attached hydrogens (tertiary/aromatic N) is 1. The Morgan fingerprint density at radius 2 is 2.04 bits per heavy atom. The van der Waals surface area contributed by atoms with Gasteiger partial charge in [0.1, 0.15) is 12.4 Å². The molecule has 1 fully saturated rings. The highest BCUT2D eigenvalue weighted by Gasteiger charge is 2.34. The summed E-state index contributed by atoms with van der Waals surface area (Å²) in [5.41, 5.74) is 0.308. The number of amides is 2. The van der Waals surface area contributed by atoms with Crippen molar-refractivity contribution in [3.8, 4) is 5.75 Å². The molecule has 1 aliphatic carbocycles. The summed E-state index contributed by atoms with van der Waals surface area (Å²) in [6.45, 7) is 1.76. The number of hydrogen-bond acceptors (Lipinski definition) is 4. The van der Waals surface area contributed by atoms with E-state index in [4.69, 9.17) is 9.84 Å². The van der Waals surface area contributed by atoms with Gasteiger partial charge < -0.3 is 20.5 Å². The van der Waals surface area contributed by atoms with Crippen LogP contribution in [0.1, 0.15) is 19.8 Å². The molecule has 144 valence electrons. The summed E-state index contributed by atoms with van der Waals surface area (Å²) in [4.78, 5) is 24.8. The van der Waals surface area contributed by atoms with Crippen molar-refractivity contribution in [3.05, 3.63) is 24.3 Å². The van der Waals surface area contributed by atoms with Crippen LogP contribution in [0.5, 0.6) is 5.75 Å². The molecule has 0 bridgehead atoms. The van der Waals surface area contributed by atoms with Crippen LogP contribution in [0, 0.1) is 0 Å². The van der Waals surface area contributed by atoms with Crippen molar-refractivity contribution in [2.75, 3.05) is 25.0 Å². The Labute approximate surface area is 150 Å². The number of carboxylic acids is 1. The van der Waals surface area contributed by atoms with E-state index in [1.54, 1.807) is 18.2 Å². The molecule has 1 aromatic carbocycles. The summed E-state index contributed by atoms with van der Waals surface area (Å²) in [6, 6.07) is 5.97. The number of benzene rings is 1. The first kappa shape index (κ1) is 19.9. The lowest BCUT2D eigenvalue weighted by Crippen LogP contribution is -2.55. The van der Waals surface area contributed by atoms with Crippen LogP contribution in [0.25, 0.3) is 0 Å². The van der Waals surface area contributed by atoms with Crippen molar-refractivity contribution >= 4 is 17.7 Å². The van der Waals surface area contributed by atoms with Crippen molar-refractivity contribution < 1.29 is 28.2 Å². The van der Waals surface area contributed by atoms with Crippen molar-refractivity contribution in [2.45, 2.75) is 38.3 Å². The number of rotatable bonds is 9. The van der Waals surface area contributed by atoms with Crippen LogP contribution in [0.4, 0.5) is 19.3 Å². The maximum atomic E-state index is 12.3. The second-order valence-corrected chi connectivity index (χ2v) is 6.08. The lowest BCUT2D eigenvalue weighted by Gasteiger charge is -2.42. The smallest absolute Gasteiger partial charge is 0.319 e. The monoisotopic (exact) mass is 371 g/mol. The Hall–Kier alpha value is -2.42. The number of carbonyl (C=O) groups is 2. The van der Waals surface area contributed by atoms with Gasteiger partial charge in [-0.05, 0) is 31.5 Å². The first-order valence-corrected chi connectivity index (χ1v) is 8.42. The van der Waals surface area contributed by atoms with Crippen LogP contribution in [-0.4, -0.2) is 60.2 Å². The minimum absolute atomic E-state index is 0.0189. The minimum atomic E-state index is -2.60. The van der Waals surface area contributed by atoms with E-state index in [0.29, 0.717) is 25.1 Å². The molecular weight excluding hydrogens is 348 g/mol. The van der Waals surface area contributed by atoms with Crippen molar-refractivity contribution in [1.82, 2.24) is 10.2 Å². The van der Waals surface area contributed by atoms with Gasteiger partial charge in [-0.25, -0.2) is 13.6 Å². The van der Waals surface area contributed by atoms with Gasteiger partial charge in [0, 0.05) is 12.1 Å². The van der Waals surface area contributed by atoms with Crippen LogP contribution < -0.4 is 15.4 Å².